The van der Waals surface area contributed by atoms with Gasteiger partial charge in [0.05, 0.1) is 11.6 Å². The quantitative estimate of drug-likeness (QED) is 0.938. The molecule has 3 rings (SSSR count). The highest BCUT2D eigenvalue weighted by Gasteiger charge is 2.22. The molecule has 1 atom stereocenters. The summed E-state index contributed by atoms with van der Waals surface area (Å²) in [4.78, 5) is 18.9. The molecule has 2 aromatic rings. The lowest BCUT2D eigenvalue weighted by molar-refractivity contribution is 0.0945. The lowest BCUT2D eigenvalue weighted by Crippen LogP contribution is -2.41. The highest BCUT2D eigenvalue weighted by molar-refractivity contribution is 7.13. The van der Waals surface area contributed by atoms with Crippen LogP contribution in [0.15, 0.2) is 35.8 Å². The standard InChI is InChI=1S/C17H18N4OS/c18-10-13-3-1-5-15(9-13)16(22)20-11-14-4-2-7-21(12-14)17-19-6-8-23-17/h1,3,5-6,8-9,14H,2,4,7,11-12H2,(H,20,22)/t14-/m0/s1. The second kappa shape index (κ2) is 7.25. The van der Waals surface area contributed by atoms with Crippen molar-refractivity contribution < 1.29 is 4.79 Å². The summed E-state index contributed by atoms with van der Waals surface area (Å²) in [6.45, 7) is 2.60. The molecule has 1 N–H and O–H groups in total. The van der Waals surface area contributed by atoms with Crippen molar-refractivity contribution in [3.05, 3.63) is 47.0 Å². The number of carbonyl (C=O) groups is 1. The minimum absolute atomic E-state index is 0.117. The maximum Gasteiger partial charge on any atom is 0.251 e. The molecule has 0 aliphatic carbocycles. The van der Waals surface area contributed by atoms with E-state index >= 15 is 0 Å². The van der Waals surface area contributed by atoms with Crippen molar-refractivity contribution in [1.82, 2.24) is 10.3 Å². The SMILES string of the molecule is N#Cc1cccc(C(=O)NC[C@@H]2CCCN(c3nccs3)C2)c1. The van der Waals surface area contributed by atoms with Gasteiger partial charge in [-0.2, -0.15) is 5.26 Å². The third kappa shape index (κ3) is 3.88. The summed E-state index contributed by atoms with van der Waals surface area (Å²) in [6, 6.07) is 8.85. The first kappa shape index (κ1) is 15.5. The van der Waals surface area contributed by atoms with Crippen molar-refractivity contribution in [1.29, 1.82) is 5.26 Å². The van der Waals surface area contributed by atoms with Gasteiger partial charge in [-0.3, -0.25) is 4.79 Å². The molecule has 0 spiro atoms. The van der Waals surface area contributed by atoms with Crippen LogP contribution in [0.1, 0.15) is 28.8 Å². The van der Waals surface area contributed by atoms with E-state index in [0.717, 1.165) is 31.1 Å². The van der Waals surface area contributed by atoms with E-state index in [1.54, 1.807) is 35.6 Å². The van der Waals surface area contributed by atoms with Crippen LogP contribution in [0.5, 0.6) is 0 Å². The summed E-state index contributed by atoms with van der Waals surface area (Å²) in [7, 11) is 0. The van der Waals surface area contributed by atoms with Gasteiger partial charge in [-0.05, 0) is 37.0 Å². The van der Waals surface area contributed by atoms with Gasteiger partial charge in [0.25, 0.3) is 5.91 Å². The van der Waals surface area contributed by atoms with E-state index in [2.05, 4.69) is 21.3 Å². The van der Waals surface area contributed by atoms with Crippen LogP contribution < -0.4 is 10.2 Å². The molecular formula is C17H18N4OS. The summed E-state index contributed by atoms with van der Waals surface area (Å²) < 4.78 is 0. The number of hydrogen-bond donors (Lipinski definition) is 1. The molecule has 2 heterocycles. The number of thiazole rings is 1. The Morgan fingerprint density at radius 2 is 2.43 bits per heavy atom. The number of piperidine rings is 1. The topological polar surface area (TPSA) is 69.0 Å². The zero-order valence-electron chi connectivity index (χ0n) is 12.7. The molecule has 23 heavy (non-hydrogen) atoms. The number of aromatic nitrogens is 1. The molecule has 5 nitrogen and oxygen atoms in total. The zero-order chi connectivity index (χ0) is 16.1. The lowest BCUT2D eigenvalue weighted by Gasteiger charge is -2.32. The summed E-state index contributed by atoms with van der Waals surface area (Å²) in [5.74, 6) is 0.309. The Balaban J connectivity index is 1.55. The minimum Gasteiger partial charge on any atom is -0.352 e. The van der Waals surface area contributed by atoms with Gasteiger partial charge in [0, 0.05) is 36.8 Å². The highest BCUT2D eigenvalue weighted by Crippen LogP contribution is 2.24. The third-order valence-electron chi connectivity index (χ3n) is 4.01. The Labute approximate surface area is 139 Å². The van der Waals surface area contributed by atoms with E-state index < -0.39 is 0 Å². The molecule has 1 saturated heterocycles. The van der Waals surface area contributed by atoms with Crippen molar-refractivity contribution in [3.63, 3.8) is 0 Å². The van der Waals surface area contributed by atoms with Crippen molar-refractivity contribution >= 4 is 22.4 Å². The number of carbonyl (C=O) groups excluding carboxylic acids is 1. The summed E-state index contributed by atoms with van der Waals surface area (Å²) >= 11 is 1.65. The molecule has 6 heteroatoms. The largest absolute Gasteiger partial charge is 0.352 e. The first-order valence-corrected chi connectivity index (χ1v) is 8.57. The van der Waals surface area contributed by atoms with Crippen LogP contribution in [0, 0.1) is 17.2 Å². The van der Waals surface area contributed by atoms with Crippen LogP contribution in [0.4, 0.5) is 5.13 Å². The number of nitriles is 1. The van der Waals surface area contributed by atoms with Crippen LogP contribution in [0.2, 0.25) is 0 Å². The van der Waals surface area contributed by atoms with Gasteiger partial charge in [-0.15, -0.1) is 11.3 Å². The maximum absolute atomic E-state index is 12.2. The van der Waals surface area contributed by atoms with Crippen LogP contribution in [0.25, 0.3) is 0 Å². The predicted molar refractivity (Wildman–Crippen MR) is 90.5 cm³/mol. The van der Waals surface area contributed by atoms with Gasteiger partial charge >= 0.3 is 0 Å². The highest BCUT2D eigenvalue weighted by atomic mass is 32.1. The van der Waals surface area contributed by atoms with Crippen molar-refractivity contribution in [2.45, 2.75) is 12.8 Å². The number of benzene rings is 1. The summed E-state index contributed by atoms with van der Waals surface area (Å²) in [6.07, 6.45) is 4.05. The molecule has 118 valence electrons. The third-order valence-corrected chi connectivity index (χ3v) is 4.85. The number of amides is 1. The van der Waals surface area contributed by atoms with Crippen LogP contribution in [-0.2, 0) is 0 Å². The average Bonchev–Trinajstić information content (AvgIpc) is 3.14. The molecule has 0 radical (unpaired) electrons. The minimum atomic E-state index is -0.117. The lowest BCUT2D eigenvalue weighted by atomic mass is 9.98. The van der Waals surface area contributed by atoms with E-state index in [0.29, 0.717) is 23.6 Å². The molecule has 0 saturated carbocycles. The monoisotopic (exact) mass is 326 g/mol. The van der Waals surface area contributed by atoms with Crippen molar-refractivity contribution in [2.24, 2.45) is 5.92 Å². The first-order chi connectivity index (χ1) is 11.3. The molecule has 1 aromatic heterocycles. The molecule has 1 aliphatic rings. The van der Waals surface area contributed by atoms with Gasteiger partial charge in [-0.25, -0.2) is 4.98 Å². The van der Waals surface area contributed by atoms with Gasteiger partial charge in [0.1, 0.15) is 0 Å². The first-order valence-electron chi connectivity index (χ1n) is 7.69. The fraction of sp³-hybridized carbons (Fsp3) is 0.353. The fourth-order valence-corrected chi connectivity index (χ4v) is 3.53. The molecule has 0 bridgehead atoms. The summed E-state index contributed by atoms with van der Waals surface area (Å²) in [5.41, 5.74) is 1.04. The summed E-state index contributed by atoms with van der Waals surface area (Å²) in [5, 5.41) is 14.9. The Morgan fingerprint density at radius 1 is 1.52 bits per heavy atom. The Morgan fingerprint density at radius 3 is 3.22 bits per heavy atom. The maximum atomic E-state index is 12.2. The average molecular weight is 326 g/mol. The smallest absolute Gasteiger partial charge is 0.251 e. The number of rotatable bonds is 4. The molecule has 1 fully saturated rings. The molecule has 1 amide bonds. The fourth-order valence-electron chi connectivity index (χ4n) is 2.85. The van der Waals surface area contributed by atoms with E-state index in [1.165, 1.54) is 0 Å². The second-order valence-electron chi connectivity index (χ2n) is 5.67. The molecular weight excluding hydrogens is 308 g/mol. The number of hydrogen-bond acceptors (Lipinski definition) is 5. The number of nitrogens with zero attached hydrogens (tertiary/aromatic N) is 3. The Bertz CT molecular complexity index is 708. The van der Waals surface area contributed by atoms with E-state index in [1.807, 2.05) is 11.6 Å². The molecule has 1 aliphatic heterocycles. The predicted octanol–water partition coefficient (Wildman–Crippen LogP) is 2.66. The van der Waals surface area contributed by atoms with Gasteiger partial charge in [0.15, 0.2) is 5.13 Å². The van der Waals surface area contributed by atoms with Gasteiger partial charge in [-0.1, -0.05) is 6.07 Å². The van der Waals surface area contributed by atoms with E-state index in [-0.39, 0.29) is 5.91 Å². The zero-order valence-corrected chi connectivity index (χ0v) is 13.6. The van der Waals surface area contributed by atoms with Gasteiger partial charge in [0.2, 0.25) is 0 Å². The van der Waals surface area contributed by atoms with E-state index in [4.69, 9.17) is 5.26 Å². The second-order valence-corrected chi connectivity index (χ2v) is 6.54. The Kier molecular flexibility index (Phi) is 4.89. The van der Waals surface area contributed by atoms with Crippen molar-refractivity contribution in [3.8, 4) is 6.07 Å². The van der Waals surface area contributed by atoms with Crippen LogP contribution >= 0.6 is 11.3 Å². The van der Waals surface area contributed by atoms with Crippen LogP contribution in [0.3, 0.4) is 0 Å². The molecule has 1 aromatic carbocycles. The van der Waals surface area contributed by atoms with E-state index in [9.17, 15) is 4.79 Å². The van der Waals surface area contributed by atoms with Crippen LogP contribution in [-0.4, -0.2) is 30.5 Å². The normalized spacial score (nSPS) is 17.5. The molecule has 0 unspecified atom stereocenters. The van der Waals surface area contributed by atoms with Gasteiger partial charge < -0.3 is 10.2 Å². The van der Waals surface area contributed by atoms with Crippen molar-refractivity contribution in [2.75, 3.05) is 24.5 Å². The number of anilines is 1. The Hall–Kier alpha value is -2.39. The number of nitrogens with one attached hydrogen (secondary N) is 1.